The van der Waals surface area contributed by atoms with Gasteiger partial charge >= 0.3 is 0 Å². The van der Waals surface area contributed by atoms with Gasteiger partial charge < -0.3 is 5.32 Å². The molecule has 0 aliphatic carbocycles. The molecule has 2 aromatic carbocycles. The molecular weight excluding hydrogens is 310 g/mol. The van der Waals surface area contributed by atoms with E-state index >= 15 is 0 Å². The maximum atomic E-state index is 3.64. The Kier molecular flexibility index (Phi) is 5.00. The highest BCUT2D eigenvalue weighted by molar-refractivity contribution is 9.10. The van der Waals surface area contributed by atoms with Crippen LogP contribution in [-0.2, 0) is 5.41 Å². The molecule has 1 atom stereocenters. The standard InChI is InChI=1S/C18H22BrN/c1-14(15-9-11-17(19)12-10-15)20-13-18(2,3)16-7-5-4-6-8-16/h4-12,14,20H,13H2,1-3H3. The molecule has 2 rings (SSSR count). The quantitative estimate of drug-likeness (QED) is 0.805. The van der Waals surface area contributed by atoms with Crippen molar-refractivity contribution in [1.82, 2.24) is 5.32 Å². The summed E-state index contributed by atoms with van der Waals surface area (Å²) in [5.41, 5.74) is 2.82. The molecule has 0 bridgehead atoms. The maximum Gasteiger partial charge on any atom is 0.0292 e. The largest absolute Gasteiger partial charge is 0.309 e. The highest BCUT2D eigenvalue weighted by Crippen LogP contribution is 2.23. The van der Waals surface area contributed by atoms with Gasteiger partial charge in [-0.25, -0.2) is 0 Å². The first-order chi connectivity index (χ1) is 9.49. The lowest BCUT2D eigenvalue weighted by molar-refractivity contribution is 0.435. The molecule has 1 N–H and O–H groups in total. The monoisotopic (exact) mass is 331 g/mol. The Morgan fingerprint density at radius 3 is 2.20 bits per heavy atom. The molecule has 2 heteroatoms. The van der Waals surface area contributed by atoms with Crippen LogP contribution in [0.25, 0.3) is 0 Å². The Morgan fingerprint density at radius 1 is 1.00 bits per heavy atom. The second kappa shape index (κ2) is 6.55. The third kappa shape index (κ3) is 3.94. The highest BCUT2D eigenvalue weighted by atomic mass is 79.9. The average Bonchev–Trinajstić information content (AvgIpc) is 2.46. The molecule has 0 aliphatic heterocycles. The van der Waals surface area contributed by atoms with Crippen molar-refractivity contribution in [1.29, 1.82) is 0 Å². The summed E-state index contributed by atoms with van der Waals surface area (Å²) in [6.07, 6.45) is 0. The second-order valence-corrected chi connectivity index (χ2v) is 6.82. The molecule has 0 saturated heterocycles. The van der Waals surface area contributed by atoms with Crippen molar-refractivity contribution in [2.45, 2.75) is 32.2 Å². The molecule has 0 saturated carbocycles. The summed E-state index contributed by atoms with van der Waals surface area (Å²) in [6, 6.07) is 19.5. The van der Waals surface area contributed by atoms with Crippen LogP contribution in [0.1, 0.15) is 37.9 Å². The molecule has 0 radical (unpaired) electrons. The van der Waals surface area contributed by atoms with Crippen molar-refractivity contribution in [3.05, 3.63) is 70.2 Å². The zero-order chi connectivity index (χ0) is 14.6. The predicted octanol–water partition coefficient (Wildman–Crippen LogP) is 5.08. The van der Waals surface area contributed by atoms with Gasteiger partial charge in [-0.1, -0.05) is 72.2 Å². The van der Waals surface area contributed by atoms with Crippen molar-refractivity contribution in [2.75, 3.05) is 6.54 Å². The van der Waals surface area contributed by atoms with Crippen LogP contribution < -0.4 is 5.32 Å². The van der Waals surface area contributed by atoms with E-state index < -0.39 is 0 Å². The Bertz CT molecular complexity index is 531. The van der Waals surface area contributed by atoms with Gasteiger partial charge in [0.15, 0.2) is 0 Å². The Labute approximate surface area is 130 Å². The van der Waals surface area contributed by atoms with Gasteiger partial charge in [-0.3, -0.25) is 0 Å². The average molecular weight is 332 g/mol. The minimum Gasteiger partial charge on any atom is -0.309 e. The first-order valence-corrected chi connectivity index (χ1v) is 7.83. The second-order valence-electron chi connectivity index (χ2n) is 5.90. The molecule has 106 valence electrons. The summed E-state index contributed by atoms with van der Waals surface area (Å²) < 4.78 is 1.12. The van der Waals surface area contributed by atoms with Crippen LogP contribution in [-0.4, -0.2) is 6.54 Å². The number of benzene rings is 2. The summed E-state index contributed by atoms with van der Waals surface area (Å²) in [7, 11) is 0. The number of nitrogens with one attached hydrogen (secondary N) is 1. The van der Waals surface area contributed by atoms with Crippen molar-refractivity contribution in [3.8, 4) is 0 Å². The van der Waals surface area contributed by atoms with Gasteiger partial charge in [-0.15, -0.1) is 0 Å². The lowest BCUT2D eigenvalue weighted by Crippen LogP contribution is -2.34. The minimum atomic E-state index is 0.130. The van der Waals surface area contributed by atoms with E-state index in [2.05, 4.69) is 96.6 Å². The topological polar surface area (TPSA) is 12.0 Å². The van der Waals surface area contributed by atoms with Crippen molar-refractivity contribution in [2.24, 2.45) is 0 Å². The van der Waals surface area contributed by atoms with Crippen molar-refractivity contribution < 1.29 is 0 Å². The first-order valence-electron chi connectivity index (χ1n) is 7.03. The number of hydrogen-bond donors (Lipinski definition) is 1. The van der Waals surface area contributed by atoms with Crippen LogP contribution in [0.3, 0.4) is 0 Å². The molecule has 0 spiro atoms. The summed E-state index contributed by atoms with van der Waals surface area (Å²) in [6.45, 7) is 7.73. The van der Waals surface area contributed by atoms with Crippen LogP contribution in [0.15, 0.2) is 59.1 Å². The van der Waals surface area contributed by atoms with Gasteiger partial charge in [-0.05, 0) is 30.2 Å². The lowest BCUT2D eigenvalue weighted by atomic mass is 9.84. The van der Waals surface area contributed by atoms with Gasteiger partial charge in [0.05, 0.1) is 0 Å². The van der Waals surface area contributed by atoms with E-state index in [1.807, 2.05) is 0 Å². The molecule has 1 unspecified atom stereocenters. The molecule has 20 heavy (non-hydrogen) atoms. The van der Waals surface area contributed by atoms with Crippen LogP contribution in [0.2, 0.25) is 0 Å². The predicted molar refractivity (Wildman–Crippen MR) is 90.0 cm³/mol. The SMILES string of the molecule is CC(NCC(C)(C)c1ccccc1)c1ccc(Br)cc1. The number of hydrogen-bond acceptors (Lipinski definition) is 1. The highest BCUT2D eigenvalue weighted by Gasteiger charge is 2.20. The van der Waals surface area contributed by atoms with Gasteiger partial charge in [0.2, 0.25) is 0 Å². The summed E-state index contributed by atoms with van der Waals surface area (Å²) in [4.78, 5) is 0. The minimum absolute atomic E-state index is 0.130. The molecule has 0 aliphatic rings. The molecule has 0 fully saturated rings. The van der Waals surface area contributed by atoms with E-state index in [0.717, 1.165) is 11.0 Å². The maximum absolute atomic E-state index is 3.64. The summed E-state index contributed by atoms with van der Waals surface area (Å²) in [5.74, 6) is 0. The van der Waals surface area contributed by atoms with E-state index in [9.17, 15) is 0 Å². The van der Waals surface area contributed by atoms with E-state index in [1.54, 1.807) is 0 Å². The number of halogens is 1. The normalized spacial score (nSPS) is 13.2. The third-order valence-corrected chi connectivity index (χ3v) is 4.30. The zero-order valence-electron chi connectivity index (χ0n) is 12.4. The van der Waals surface area contributed by atoms with Gasteiger partial charge in [-0.2, -0.15) is 0 Å². The van der Waals surface area contributed by atoms with E-state index in [4.69, 9.17) is 0 Å². The third-order valence-electron chi connectivity index (χ3n) is 3.78. The summed E-state index contributed by atoms with van der Waals surface area (Å²) in [5, 5.41) is 3.64. The van der Waals surface area contributed by atoms with E-state index in [-0.39, 0.29) is 5.41 Å². The van der Waals surface area contributed by atoms with Gasteiger partial charge in [0.1, 0.15) is 0 Å². The Balaban J connectivity index is 1.99. The first kappa shape index (κ1) is 15.3. The molecule has 2 aromatic rings. The van der Waals surface area contributed by atoms with E-state index in [1.165, 1.54) is 11.1 Å². The smallest absolute Gasteiger partial charge is 0.0292 e. The fourth-order valence-corrected chi connectivity index (χ4v) is 2.53. The molecule has 0 heterocycles. The van der Waals surface area contributed by atoms with Gasteiger partial charge in [0, 0.05) is 22.5 Å². The molecule has 0 aromatic heterocycles. The Morgan fingerprint density at radius 2 is 1.60 bits per heavy atom. The van der Waals surface area contributed by atoms with Crippen LogP contribution in [0.5, 0.6) is 0 Å². The van der Waals surface area contributed by atoms with Crippen LogP contribution in [0, 0.1) is 0 Å². The van der Waals surface area contributed by atoms with Gasteiger partial charge in [0.25, 0.3) is 0 Å². The fourth-order valence-electron chi connectivity index (χ4n) is 2.27. The van der Waals surface area contributed by atoms with Crippen LogP contribution >= 0.6 is 15.9 Å². The lowest BCUT2D eigenvalue weighted by Gasteiger charge is -2.28. The summed E-state index contributed by atoms with van der Waals surface area (Å²) >= 11 is 3.48. The molecule has 1 nitrogen and oxygen atoms in total. The van der Waals surface area contributed by atoms with E-state index in [0.29, 0.717) is 6.04 Å². The van der Waals surface area contributed by atoms with Crippen LogP contribution in [0.4, 0.5) is 0 Å². The van der Waals surface area contributed by atoms with Crippen molar-refractivity contribution in [3.63, 3.8) is 0 Å². The number of rotatable bonds is 5. The van der Waals surface area contributed by atoms with Crippen molar-refractivity contribution >= 4 is 15.9 Å². The molecule has 0 amide bonds. The molecular formula is C18H22BrN. The Hall–Kier alpha value is -1.12. The fraction of sp³-hybridized carbons (Fsp3) is 0.333. The zero-order valence-corrected chi connectivity index (χ0v) is 13.9.